The Labute approximate surface area is 217 Å². The van der Waals surface area contributed by atoms with Gasteiger partial charge in [-0.3, -0.25) is 9.59 Å². The summed E-state index contributed by atoms with van der Waals surface area (Å²) in [5, 5.41) is 3.27. The molecule has 2 N–H and O–H groups in total. The van der Waals surface area contributed by atoms with Crippen molar-refractivity contribution in [2.75, 3.05) is 13.6 Å². The number of benzene rings is 3. The molecule has 0 fully saturated rings. The molecule has 0 saturated heterocycles. The van der Waals surface area contributed by atoms with Crippen molar-refractivity contribution in [1.29, 1.82) is 0 Å². The smallest absolute Gasteiger partial charge is 0.247 e. The van der Waals surface area contributed by atoms with E-state index in [2.05, 4.69) is 10.0 Å². The minimum absolute atomic E-state index is 0.146. The standard InChI is InChI=1S/C27H30ClN3O4S/c1-3-30-36(34,35)24-16-11-20(12-17-24)13-18-25(32)31(19-21-9-14-23(28)15-10-21)26(27(33)29-2)22-7-5-4-6-8-22/h4-12,14-17,26,30H,3,13,18-19H2,1-2H3,(H,29,33)/t26-/m0/s1. The van der Waals surface area contributed by atoms with Gasteiger partial charge in [0.25, 0.3) is 0 Å². The van der Waals surface area contributed by atoms with Crippen molar-refractivity contribution in [1.82, 2.24) is 14.9 Å². The molecule has 0 aliphatic heterocycles. The summed E-state index contributed by atoms with van der Waals surface area (Å²) in [6.45, 7) is 2.24. The van der Waals surface area contributed by atoms with Gasteiger partial charge in [0.15, 0.2) is 0 Å². The third-order valence-electron chi connectivity index (χ3n) is 5.70. The molecule has 36 heavy (non-hydrogen) atoms. The highest BCUT2D eigenvalue weighted by molar-refractivity contribution is 7.89. The van der Waals surface area contributed by atoms with Crippen LogP contribution in [-0.2, 0) is 32.6 Å². The fraction of sp³-hybridized carbons (Fsp3) is 0.259. The summed E-state index contributed by atoms with van der Waals surface area (Å²) in [6, 6.07) is 22.0. The molecule has 1 atom stereocenters. The van der Waals surface area contributed by atoms with Gasteiger partial charge in [0.2, 0.25) is 21.8 Å². The second kappa shape index (κ2) is 12.7. The summed E-state index contributed by atoms with van der Waals surface area (Å²) in [4.78, 5) is 28.3. The normalized spacial score (nSPS) is 12.1. The highest BCUT2D eigenvalue weighted by Crippen LogP contribution is 2.25. The number of hydrogen-bond acceptors (Lipinski definition) is 4. The summed E-state index contributed by atoms with van der Waals surface area (Å²) >= 11 is 6.03. The first-order valence-corrected chi connectivity index (χ1v) is 13.5. The average Bonchev–Trinajstić information content (AvgIpc) is 2.88. The quantitative estimate of drug-likeness (QED) is 0.392. The molecule has 2 amide bonds. The number of carbonyl (C=O) groups is 2. The van der Waals surface area contributed by atoms with E-state index in [0.29, 0.717) is 23.6 Å². The number of halogens is 1. The van der Waals surface area contributed by atoms with Crippen molar-refractivity contribution < 1.29 is 18.0 Å². The molecule has 9 heteroatoms. The van der Waals surface area contributed by atoms with Crippen molar-refractivity contribution in [2.45, 2.75) is 37.2 Å². The zero-order chi connectivity index (χ0) is 26.1. The average molecular weight is 528 g/mol. The predicted octanol–water partition coefficient (Wildman–Crippen LogP) is 4.09. The Morgan fingerprint density at radius 3 is 2.11 bits per heavy atom. The second-order valence-corrected chi connectivity index (χ2v) is 10.4. The molecule has 7 nitrogen and oxygen atoms in total. The van der Waals surface area contributed by atoms with E-state index in [1.807, 2.05) is 42.5 Å². The fourth-order valence-corrected chi connectivity index (χ4v) is 5.03. The van der Waals surface area contributed by atoms with Crippen molar-refractivity contribution >= 4 is 33.4 Å². The van der Waals surface area contributed by atoms with E-state index in [1.54, 1.807) is 43.1 Å². The van der Waals surface area contributed by atoms with Crippen molar-refractivity contribution in [3.05, 3.63) is 101 Å². The lowest BCUT2D eigenvalue weighted by molar-refractivity contribution is -0.141. The second-order valence-electron chi connectivity index (χ2n) is 8.22. The number of sulfonamides is 1. The Hall–Kier alpha value is -3.20. The van der Waals surface area contributed by atoms with Crippen LogP contribution in [-0.4, -0.2) is 38.7 Å². The van der Waals surface area contributed by atoms with Gasteiger partial charge in [0.1, 0.15) is 6.04 Å². The van der Waals surface area contributed by atoms with Gasteiger partial charge in [0.05, 0.1) is 4.90 Å². The molecule has 0 radical (unpaired) electrons. The summed E-state index contributed by atoms with van der Waals surface area (Å²) in [5.41, 5.74) is 2.37. The van der Waals surface area contributed by atoms with Crippen LogP contribution in [0.25, 0.3) is 0 Å². The number of aryl methyl sites for hydroxylation is 1. The molecular weight excluding hydrogens is 498 g/mol. The molecule has 0 aliphatic carbocycles. The predicted molar refractivity (Wildman–Crippen MR) is 141 cm³/mol. The van der Waals surface area contributed by atoms with Gasteiger partial charge in [-0.1, -0.05) is 73.1 Å². The minimum Gasteiger partial charge on any atom is -0.357 e. The van der Waals surface area contributed by atoms with Gasteiger partial charge in [-0.15, -0.1) is 0 Å². The molecule has 3 aromatic carbocycles. The van der Waals surface area contributed by atoms with E-state index in [-0.39, 0.29) is 29.7 Å². The SMILES string of the molecule is CCNS(=O)(=O)c1ccc(CCC(=O)N(Cc2ccc(Cl)cc2)[C@H](C(=O)NC)c2ccccc2)cc1. The van der Waals surface area contributed by atoms with Crippen LogP contribution in [0.2, 0.25) is 5.02 Å². The zero-order valence-corrected chi connectivity index (χ0v) is 21.9. The zero-order valence-electron chi connectivity index (χ0n) is 20.3. The van der Waals surface area contributed by atoms with Gasteiger partial charge in [-0.2, -0.15) is 0 Å². The molecule has 0 saturated carbocycles. The lowest BCUT2D eigenvalue weighted by atomic mass is 10.0. The lowest BCUT2D eigenvalue weighted by Crippen LogP contribution is -2.42. The molecule has 0 unspecified atom stereocenters. The first-order valence-electron chi connectivity index (χ1n) is 11.6. The monoisotopic (exact) mass is 527 g/mol. The van der Waals surface area contributed by atoms with E-state index in [0.717, 1.165) is 11.1 Å². The molecular formula is C27H30ClN3O4S. The van der Waals surface area contributed by atoms with Gasteiger partial charge in [-0.05, 0) is 47.4 Å². The summed E-state index contributed by atoms with van der Waals surface area (Å²) < 4.78 is 26.8. The van der Waals surface area contributed by atoms with E-state index in [4.69, 9.17) is 11.6 Å². The number of rotatable bonds is 11. The van der Waals surface area contributed by atoms with Crippen LogP contribution in [0.1, 0.15) is 36.1 Å². The van der Waals surface area contributed by atoms with Gasteiger partial charge >= 0.3 is 0 Å². The Morgan fingerprint density at radius 1 is 0.917 bits per heavy atom. The maximum Gasteiger partial charge on any atom is 0.247 e. The lowest BCUT2D eigenvalue weighted by Gasteiger charge is -2.31. The van der Waals surface area contributed by atoms with E-state index >= 15 is 0 Å². The summed E-state index contributed by atoms with van der Waals surface area (Å²) in [6.07, 6.45) is 0.542. The molecule has 0 spiro atoms. The third kappa shape index (κ3) is 7.16. The maximum absolute atomic E-state index is 13.5. The molecule has 3 rings (SSSR count). The van der Waals surface area contributed by atoms with Gasteiger partial charge in [0, 0.05) is 31.6 Å². The Bertz CT molecular complexity index is 1260. The van der Waals surface area contributed by atoms with Crippen molar-refractivity contribution in [2.24, 2.45) is 0 Å². The summed E-state index contributed by atoms with van der Waals surface area (Å²) in [5.74, 6) is -0.492. The first-order chi connectivity index (χ1) is 17.2. The number of nitrogens with zero attached hydrogens (tertiary/aromatic N) is 1. The Kier molecular flexibility index (Phi) is 9.64. The van der Waals surface area contributed by atoms with Gasteiger partial charge in [-0.25, -0.2) is 13.1 Å². The number of likely N-dealkylation sites (N-methyl/N-ethyl adjacent to an activating group) is 1. The maximum atomic E-state index is 13.5. The van der Waals surface area contributed by atoms with Crippen LogP contribution in [0, 0.1) is 0 Å². The van der Waals surface area contributed by atoms with Crippen LogP contribution in [0.4, 0.5) is 0 Å². The van der Waals surface area contributed by atoms with E-state index in [9.17, 15) is 18.0 Å². The molecule has 0 bridgehead atoms. The van der Waals surface area contributed by atoms with Crippen LogP contribution < -0.4 is 10.0 Å². The van der Waals surface area contributed by atoms with Crippen molar-refractivity contribution in [3.8, 4) is 0 Å². The number of nitrogens with one attached hydrogen (secondary N) is 2. The topological polar surface area (TPSA) is 95.6 Å². The molecule has 0 aliphatic rings. The number of carbonyl (C=O) groups excluding carboxylic acids is 2. The Balaban J connectivity index is 1.85. The molecule has 3 aromatic rings. The van der Waals surface area contributed by atoms with Gasteiger partial charge < -0.3 is 10.2 Å². The molecule has 190 valence electrons. The molecule has 0 heterocycles. The Morgan fingerprint density at radius 2 is 1.53 bits per heavy atom. The highest BCUT2D eigenvalue weighted by Gasteiger charge is 2.30. The van der Waals surface area contributed by atoms with Crippen LogP contribution in [0.5, 0.6) is 0 Å². The number of amides is 2. The van der Waals surface area contributed by atoms with Crippen LogP contribution in [0.15, 0.2) is 83.8 Å². The minimum atomic E-state index is -3.54. The fourth-order valence-electron chi connectivity index (χ4n) is 3.86. The summed E-state index contributed by atoms with van der Waals surface area (Å²) in [7, 11) is -2.00. The van der Waals surface area contributed by atoms with Crippen LogP contribution in [0.3, 0.4) is 0 Å². The molecule has 0 aromatic heterocycles. The number of hydrogen-bond donors (Lipinski definition) is 2. The van der Waals surface area contributed by atoms with Crippen molar-refractivity contribution in [3.63, 3.8) is 0 Å². The largest absolute Gasteiger partial charge is 0.357 e. The van der Waals surface area contributed by atoms with Crippen LogP contribution >= 0.6 is 11.6 Å². The highest BCUT2D eigenvalue weighted by atomic mass is 35.5. The van der Waals surface area contributed by atoms with E-state index in [1.165, 1.54) is 12.1 Å². The third-order valence-corrected chi connectivity index (χ3v) is 7.52. The first kappa shape index (κ1) is 27.4. The van der Waals surface area contributed by atoms with E-state index < -0.39 is 16.1 Å².